The molecule has 5 unspecified atom stereocenters. The number of hydrogen-bond donors (Lipinski definition) is 9. The number of carbonyl (C=O) groups is 6. The standard InChI is InChI=1S/C21H39N9O7/c1-3-10(2)16(19(35)28-12(20(36)37)6-7-14(23)31)30-18(34)13(9-15(24)32)29-17(33)11(22)5-4-8-27-21(25)26/h10-13,16H,3-9,22H2,1-2H3,(H2,23,31)(H2,24,32)(H,28,35)(H,29,33)(H,30,34)(H,36,37)(H4,25,26,27). The first-order valence-corrected chi connectivity index (χ1v) is 11.7. The second-order valence-corrected chi connectivity index (χ2v) is 8.56. The summed E-state index contributed by atoms with van der Waals surface area (Å²) in [5.74, 6) is -6.10. The second-order valence-electron chi connectivity index (χ2n) is 8.56. The maximum atomic E-state index is 13.0. The van der Waals surface area contributed by atoms with Crippen LogP contribution >= 0.6 is 0 Å². The fraction of sp³-hybridized carbons (Fsp3) is 0.667. The number of guanidine groups is 1. The number of carboxylic acids is 1. The van der Waals surface area contributed by atoms with Crippen LogP contribution in [0.4, 0.5) is 0 Å². The van der Waals surface area contributed by atoms with Gasteiger partial charge in [-0.3, -0.25) is 29.0 Å². The van der Waals surface area contributed by atoms with E-state index >= 15 is 0 Å². The Balaban J connectivity index is 5.48. The predicted octanol–water partition coefficient (Wildman–Crippen LogP) is -3.91. The van der Waals surface area contributed by atoms with Gasteiger partial charge in [-0.15, -0.1) is 0 Å². The molecular formula is C21H39N9O7. The summed E-state index contributed by atoms with van der Waals surface area (Å²) >= 11 is 0. The highest BCUT2D eigenvalue weighted by molar-refractivity contribution is 5.96. The third kappa shape index (κ3) is 13.6. The fourth-order valence-corrected chi connectivity index (χ4v) is 3.10. The predicted molar refractivity (Wildman–Crippen MR) is 133 cm³/mol. The lowest BCUT2D eigenvalue weighted by Crippen LogP contribution is -2.59. The summed E-state index contributed by atoms with van der Waals surface area (Å²) in [7, 11) is 0. The number of nitrogens with one attached hydrogen (secondary N) is 3. The molecule has 0 saturated carbocycles. The number of rotatable bonds is 18. The van der Waals surface area contributed by atoms with E-state index < -0.39 is 72.0 Å². The first-order chi connectivity index (χ1) is 17.2. The Kier molecular flexibility index (Phi) is 14.9. The molecule has 16 heteroatoms. The summed E-state index contributed by atoms with van der Waals surface area (Å²) in [4.78, 5) is 76.1. The van der Waals surface area contributed by atoms with Gasteiger partial charge in [-0.25, -0.2) is 4.79 Å². The van der Waals surface area contributed by atoms with Crippen molar-refractivity contribution in [3.8, 4) is 0 Å². The number of aliphatic imine (C=N–C) groups is 1. The molecule has 0 rings (SSSR count). The number of primary amides is 2. The zero-order valence-corrected chi connectivity index (χ0v) is 21.1. The Hall–Kier alpha value is -3.95. The summed E-state index contributed by atoms with van der Waals surface area (Å²) in [6, 6.07) is -5.15. The minimum Gasteiger partial charge on any atom is -0.480 e. The molecule has 5 atom stereocenters. The summed E-state index contributed by atoms with van der Waals surface area (Å²) in [6.07, 6.45) is -0.160. The molecule has 0 heterocycles. The molecule has 0 saturated heterocycles. The van der Waals surface area contributed by atoms with Crippen LogP contribution in [0.3, 0.4) is 0 Å². The van der Waals surface area contributed by atoms with Crippen LogP contribution in [0, 0.1) is 5.92 Å². The zero-order valence-electron chi connectivity index (χ0n) is 21.1. The maximum Gasteiger partial charge on any atom is 0.326 e. The molecule has 0 spiro atoms. The molecule has 0 bridgehead atoms. The van der Waals surface area contributed by atoms with Crippen LogP contribution in [0.1, 0.15) is 52.4 Å². The molecule has 14 N–H and O–H groups in total. The molecule has 0 fully saturated rings. The lowest BCUT2D eigenvalue weighted by atomic mass is 9.97. The molecule has 0 aromatic carbocycles. The van der Waals surface area contributed by atoms with Crippen molar-refractivity contribution in [3.05, 3.63) is 0 Å². The third-order valence-electron chi connectivity index (χ3n) is 5.43. The van der Waals surface area contributed by atoms with Gasteiger partial charge in [-0.2, -0.15) is 0 Å². The normalized spacial score (nSPS) is 14.7. The highest BCUT2D eigenvalue weighted by Gasteiger charge is 2.33. The van der Waals surface area contributed by atoms with Crippen LogP contribution in [-0.2, 0) is 28.8 Å². The van der Waals surface area contributed by atoms with E-state index in [0.717, 1.165) is 0 Å². The average Bonchev–Trinajstić information content (AvgIpc) is 2.80. The van der Waals surface area contributed by atoms with Crippen LogP contribution in [0.5, 0.6) is 0 Å². The van der Waals surface area contributed by atoms with Gasteiger partial charge in [0.15, 0.2) is 5.96 Å². The minimum absolute atomic E-state index is 0.112. The van der Waals surface area contributed by atoms with Gasteiger partial charge in [-0.05, 0) is 25.2 Å². The van der Waals surface area contributed by atoms with E-state index in [9.17, 15) is 33.9 Å². The SMILES string of the molecule is CCC(C)C(NC(=O)C(CC(N)=O)NC(=O)C(N)CCCN=C(N)N)C(=O)NC(CCC(N)=O)C(=O)O. The third-order valence-corrected chi connectivity index (χ3v) is 5.43. The molecule has 0 radical (unpaired) electrons. The van der Waals surface area contributed by atoms with Gasteiger partial charge in [0, 0.05) is 13.0 Å². The van der Waals surface area contributed by atoms with Crippen molar-refractivity contribution < 1.29 is 33.9 Å². The van der Waals surface area contributed by atoms with Crippen LogP contribution in [0.25, 0.3) is 0 Å². The van der Waals surface area contributed by atoms with E-state index in [4.69, 9.17) is 28.7 Å². The Bertz CT molecular complexity index is 861. The number of carboxylic acid groups (broad SMARTS) is 1. The second kappa shape index (κ2) is 16.7. The highest BCUT2D eigenvalue weighted by Crippen LogP contribution is 2.10. The summed E-state index contributed by atoms with van der Waals surface area (Å²) in [5.41, 5.74) is 26.6. The Morgan fingerprint density at radius 2 is 1.43 bits per heavy atom. The Morgan fingerprint density at radius 1 is 0.838 bits per heavy atom. The van der Waals surface area contributed by atoms with Crippen molar-refractivity contribution in [1.29, 1.82) is 0 Å². The first kappa shape index (κ1) is 33.0. The molecule has 16 nitrogen and oxygen atoms in total. The lowest BCUT2D eigenvalue weighted by Gasteiger charge is -2.27. The smallest absolute Gasteiger partial charge is 0.326 e. The van der Waals surface area contributed by atoms with Crippen molar-refractivity contribution in [2.24, 2.45) is 39.6 Å². The van der Waals surface area contributed by atoms with Gasteiger partial charge in [0.05, 0.1) is 12.5 Å². The summed E-state index contributed by atoms with van der Waals surface area (Å²) in [6.45, 7) is 3.61. The maximum absolute atomic E-state index is 13.0. The van der Waals surface area contributed by atoms with E-state index in [-0.39, 0.29) is 31.8 Å². The van der Waals surface area contributed by atoms with Crippen molar-refractivity contribution >= 4 is 41.5 Å². The van der Waals surface area contributed by atoms with Gasteiger partial charge in [0.2, 0.25) is 29.5 Å². The molecule has 0 aliphatic carbocycles. The summed E-state index contributed by atoms with van der Waals surface area (Å²) < 4.78 is 0. The Morgan fingerprint density at radius 3 is 1.92 bits per heavy atom. The number of carbonyl (C=O) groups excluding carboxylic acids is 5. The van der Waals surface area contributed by atoms with Crippen LogP contribution < -0.4 is 44.6 Å². The van der Waals surface area contributed by atoms with E-state index in [1.54, 1.807) is 13.8 Å². The monoisotopic (exact) mass is 529 g/mol. The number of amides is 5. The lowest BCUT2D eigenvalue weighted by molar-refractivity contribution is -0.143. The number of hydrogen-bond acceptors (Lipinski definition) is 8. The topological polar surface area (TPSA) is 301 Å². The molecule has 37 heavy (non-hydrogen) atoms. The molecule has 210 valence electrons. The molecule has 0 aliphatic heterocycles. The number of nitrogens with zero attached hydrogens (tertiary/aromatic N) is 1. The van der Waals surface area contributed by atoms with Crippen LogP contribution in [-0.4, -0.2) is 77.3 Å². The quantitative estimate of drug-likeness (QED) is 0.0472. The van der Waals surface area contributed by atoms with E-state index in [1.807, 2.05) is 0 Å². The number of aliphatic carboxylic acids is 1. The first-order valence-electron chi connectivity index (χ1n) is 11.7. The van der Waals surface area contributed by atoms with Gasteiger partial charge >= 0.3 is 5.97 Å². The van der Waals surface area contributed by atoms with Crippen molar-refractivity contribution in [2.75, 3.05) is 6.54 Å². The van der Waals surface area contributed by atoms with Gasteiger partial charge in [0.25, 0.3) is 0 Å². The molecular weight excluding hydrogens is 490 g/mol. The molecule has 0 aromatic heterocycles. The van der Waals surface area contributed by atoms with E-state index in [0.29, 0.717) is 12.8 Å². The molecule has 0 aromatic rings. The van der Waals surface area contributed by atoms with Crippen molar-refractivity contribution in [2.45, 2.75) is 76.5 Å². The van der Waals surface area contributed by atoms with Crippen molar-refractivity contribution in [3.63, 3.8) is 0 Å². The van der Waals surface area contributed by atoms with Gasteiger partial charge in [-0.1, -0.05) is 20.3 Å². The van der Waals surface area contributed by atoms with E-state index in [2.05, 4.69) is 20.9 Å². The molecule has 5 amide bonds. The highest BCUT2D eigenvalue weighted by atomic mass is 16.4. The number of nitrogens with two attached hydrogens (primary N) is 5. The van der Waals surface area contributed by atoms with Gasteiger partial charge in [0.1, 0.15) is 18.1 Å². The zero-order chi connectivity index (χ0) is 28.7. The van der Waals surface area contributed by atoms with Crippen molar-refractivity contribution in [1.82, 2.24) is 16.0 Å². The average molecular weight is 530 g/mol. The van der Waals surface area contributed by atoms with E-state index in [1.165, 1.54) is 0 Å². The van der Waals surface area contributed by atoms with Gasteiger partial charge < -0.3 is 49.7 Å². The fourth-order valence-electron chi connectivity index (χ4n) is 3.10. The van der Waals surface area contributed by atoms with Crippen LogP contribution in [0.15, 0.2) is 4.99 Å². The minimum atomic E-state index is -1.45. The summed E-state index contributed by atoms with van der Waals surface area (Å²) in [5, 5.41) is 16.4. The molecule has 0 aliphatic rings. The largest absolute Gasteiger partial charge is 0.480 e. The Labute approximate surface area is 214 Å². The van der Waals surface area contributed by atoms with Crippen LogP contribution in [0.2, 0.25) is 0 Å².